The van der Waals surface area contributed by atoms with Crippen molar-refractivity contribution in [1.82, 2.24) is 4.98 Å². The Bertz CT molecular complexity index is 570. The van der Waals surface area contributed by atoms with E-state index in [1.807, 2.05) is 0 Å². The van der Waals surface area contributed by atoms with Gasteiger partial charge in [-0.1, -0.05) is 23.7 Å². The molecule has 2 aromatic rings. The largest absolute Gasteiger partial charge is 0.319 e. The van der Waals surface area contributed by atoms with Gasteiger partial charge in [0, 0.05) is 11.8 Å². The topological polar surface area (TPSA) is 38.9 Å². The minimum absolute atomic E-state index is 0.0768. The summed E-state index contributed by atoms with van der Waals surface area (Å²) in [5.74, 6) is -1.81. The Morgan fingerprint density at radius 2 is 1.89 bits per heavy atom. The van der Waals surface area contributed by atoms with Crippen LogP contribution in [0.2, 0.25) is 5.02 Å². The third kappa shape index (κ3) is 2.35. The fourth-order valence-corrected chi connectivity index (χ4v) is 1.74. The van der Waals surface area contributed by atoms with E-state index in [1.165, 1.54) is 25.3 Å². The number of pyridine rings is 1. The fourth-order valence-electron chi connectivity index (χ4n) is 1.63. The molecule has 0 saturated heterocycles. The number of hydrogen-bond donors (Lipinski definition) is 1. The molecule has 18 heavy (non-hydrogen) atoms. The molecule has 5 heteroatoms. The molecule has 1 aromatic carbocycles. The van der Waals surface area contributed by atoms with Crippen molar-refractivity contribution in [3.8, 4) is 0 Å². The molecule has 1 heterocycles. The fraction of sp³-hybridized carbons (Fsp3) is 0.154. The van der Waals surface area contributed by atoms with Crippen molar-refractivity contribution in [2.45, 2.75) is 13.0 Å². The number of hydrogen-bond acceptors (Lipinski definition) is 2. The first kappa shape index (κ1) is 12.9. The first-order valence-electron chi connectivity index (χ1n) is 5.32. The summed E-state index contributed by atoms with van der Waals surface area (Å²) in [6.45, 7) is 1.49. The predicted molar refractivity (Wildman–Crippen MR) is 66.4 cm³/mol. The molecule has 0 aliphatic heterocycles. The Labute approximate surface area is 108 Å². The van der Waals surface area contributed by atoms with Gasteiger partial charge in [0.2, 0.25) is 0 Å². The lowest BCUT2D eigenvalue weighted by Gasteiger charge is -2.13. The van der Waals surface area contributed by atoms with E-state index in [-0.39, 0.29) is 11.1 Å². The summed E-state index contributed by atoms with van der Waals surface area (Å²) in [6.07, 6.45) is 1.42. The Morgan fingerprint density at radius 3 is 2.50 bits per heavy atom. The molecule has 0 aliphatic rings. The van der Waals surface area contributed by atoms with Crippen molar-refractivity contribution in [3.63, 3.8) is 0 Å². The van der Waals surface area contributed by atoms with Crippen molar-refractivity contribution in [3.05, 3.63) is 63.9 Å². The molecule has 0 saturated carbocycles. The lowest BCUT2D eigenvalue weighted by molar-refractivity contribution is 0.488. The first-order valence-corrected chi connectivity index (χ1v) is 5.70. The molecule has 0 fully saturated rings. The minimum atomic E-state index is -0.931. The Morgan fingerprint density at radius 1 is 1.17 bits per heavy atom. The quantitative estimate of drug-likeness (QED) is 0.907. The van der Waals surface area contributed by atoms with Crippen molar-refractivity contribution in [2.75, 3.05) is 0 Å². The van der Waals surface area contributed by atoms with Crippen LogP contribution < -0.4 is 5.73 Å². The average molecular weight is 269 g/mol. The number of aryl methyl sites for hydroxylation is 1. The highest BCUT2D eigenvalue weighted by Gasteiger charge is 2.18. The van der Waals surface area contributed by atoms with Crippen LogP contribution in [0.3, 0.4) is 0 Å². The molecule has 2 N–H and O–H groups in total. The SMILES string of the molecule is Cc1ccc(C(N)c2ccc(Cl)cn2)c(F)c1F. The van der Waals surface area contributed by atoms with Gasteiger partial charge in [-0.05, 0) is 24.6 Å². The van der Waals surface area contributed by atoms with Gasteiger partial charge in [0.25, 0.3) is 0 Å². The summed E-state index contributed by atoms with van der Waals surface area (Å²) < 4.78 is 27.2. The lowest BCUT2D eigenvalue weighted by Crippen LogP contribution is -2.16. The summed E-state index contributed by atoms with van der Waals surface area (Å²) in [4.78, 5) is 4.00. The predicted octanol–water partition coefficient (Wildman–Crippen LogP) is 3.37. The summed E-state index contributed by atoms with van der Waals surface area (Å²) in [5.41, 5.74) is 6.63. The highest BCUT2D eigenvalue weighted by atomic mass is 35.5. The molecule has 1 atom stereocenters. The third-order valence-electron chi connectivity index (χ3n) is 2.71. The van der Waals surface area contributed by atoms with Crippen LogP contribution in [0.1, 0.15) is 22.9 Å². The number of rotatable bonds is 2. The molecule has 0 bridgehead atoms. The maximum atomic E-state index is 13.8. The second-order valence-electron chi connectivity index (χ2n) is 3.98. The molecular formula is C13H11ClF2N2. The van der Waals surface area contributed by atoms with Gasteiger partial charge in [0.15, 0.2) is 11.6 Å². The third-order valence-corrected chi connectivity index (χ3v) is 2.93. The standard InChI is InChI=1S/C13H11ClF2N2/c1-7-2-4-9(12(16)11(7)15)13(17)10-5-3-8(14)6-18-10/h2-6,13H,17H2,1H3. The Kier molecular flexibility index (Phi) is 3.59. The molecule has 94 valence electrons. The molecule has 1 aromatic heterocycles. The van der Waals surface area contributed by atoms with E-state index in [0.29, 0.717) is 10.7 Å². The zero-order valence-corrected chi connectivity index (χ0v) is 10.4. The maximum Gasteiger partial charge on any atom is 0.164 e. The Balaban J connectivity index is 2.43. The van der Waals surface area contributed by atoms with Crippen molar-refractivity contribution in [2.24, 2.45) is 5.73 Å². The number of nitrogens with two attached hydrogens (primary N) is 1. The molecule has 0 radical (unpaired) electrons. The van der Waals surface area contributed by atoms with Crippen LogP contribution in [-0.4, -0.2) is 4.98 Å². The molecule has 2 nitrogen and oxygen atoms in total. The van der Waals surface area contributed by atoms with Crippen LogP contribution in [0.5, 0.6) is 0 Å². The van der Waals surface area contributed by atoms with Gasteiger partial charge in [-0.25, -0.2) is 8.78 Å². The normalized spacial score (nSPS) is 12.5. The second kappa shape index (κ2) is 5.00. The summed E-state index contributed by atoms with van der Waals surface area (Å²) in [7, 11) is 0. The van der Waals surface area contributed by atoms with E-state index in [9.17, 15) is 8.78 Å². The monoisotopic (exact) mass is 268 g/mol. The number of aromatic nitrogens is 1. The van der Waals surface area contributed by atoms with Crippen LogP contribution in [-0.2, 0) is 0 Å². The van der Waals surface area contributed by atoms with E-state index >= 15 is 0 Å². The molecular weight excluding hydrogens is 258 g/mol. The molecule has 0 spiro atoms. The van der Waals surface area contributed by atoms with E-state index in [0.717, 1.165) is 0 Å². The van der Waals surface area contributed by atoms with Crippen molar-refractivity contribution in [1.29, 1.82) is 0 Å². The van der Waals surface area contributed by atoms with Gasteiger partial charge in [-0.3, -0.25) is 4.98 Å². The second-order valence-corrected chi connectivity index (χ2v) is 4.42. The van der Waals surface area contributed by atoms with Crippen LogP contribution in [0.4, 0.5) is 8.78 Å². The zero-order valence-electron chi connectivity index (χ0n) is 9.62. The van der Waals surface area contributed by atoms with E-state index in [2.05, 4.69) is 4.98 Å². The summed E-state index contributed by atoms with van der Waals surface area (Å²) in [5, 5.41) is 0.460. The first-order chi connectivity index (χ1) is 8.50. The smallest absolute Gasteiger partial charge is 0.164 e. The Hall–Kier alpha value is -1.52. The van der Waals surface area contributed by atoms with Crippen LogP contribution >= 0.6 is 11.6 Å². The zero-order chi connectivity index (χ0) is 13.3. The lowest BCUT2D eigenvalue weighted by atomic mass is 10.0. The van der Waals surface area contributed by atoms with E-state index in [1.54, 1.807) is 12.1 Å². The number of nitrogens with zero attached hydrogens (tertiary/aromatic N) is 1. The van der Waals surface area contributed by atoms with Gasteiger partial charge in [0.1, 0.15) is 0 Å². The summed E-state index contributed by atoms with van der Waals surface area (Å²) in [6, 6.07) is 5.33. The molecule has 2 rings (SSSR count). The molecule has 0 aliphatic carbocycles. The molecule has 1 unspecified atom stereocenters. The van der Waals surface area contributed by atoms with Crippen LogP contribution in [0, 0.1) is 18.6 Å². The highest BCUT2D eigenvalue weighted by Crippen LogP contribution is 2.24. The van der Waals surface area contributed by atoms with Crippen molar-refractivity contribution >= 4 is 11.6 Å². The maximum absolute atomic E-state index is 13.8. The van der Waals surface area contributed by atoms with Gasteiger partial charge in [-0.2, -0.15) is 0 Å². The van der Waals surface area contributed by atoms with Gasteiger partial charge in [0.05, 0.1) is 16.8 Å². The minimum Gasteiger partial charge on any atom is -0.319 e. The molecule has 0 amide bonds. The van der Waals surface area contributed by atoms with Gasteiger partial charge >= 0.3 is 0 Å². The average Bonchev–Trinajstić information content (AvgIpc) is 2.36. The van der Waals surface area contributed by atoms with Gasteiger partial charge in [-0.15, -0.1) is 0 Å². The van der Waals surface area contributed by atoms with E-state index in [4.69, 9.17) is 17.3 Å². The highest BCUT2D eigenvalue weighted by molar-refractivity contribution is 6.30. The number of halogens is 3. The van der Waals surface area contributed by atoms with Crippen LogP contribution in [0.25, 0.3) is 0 Å². The summed E-state index contributed by atoms with van der Waals surface area (Å²) >= 11 is 5.70. The number of benzene rings is 1. The van der Waals surface area contributed by atoms with Crippen LogP contribution in [0.15, 0.2) is 30.5 Å². The van der Waals surface area contributed by atoms with E-state index < -0.39 is 17.7 Å². The van der Waals surface area contributed by atoms with Crippen molar-refractivity contribution < 1.29 is 8.78 Å². The van der Waals surface area contributed by atoms with Gasteiger partial charge < -0.3 is 5.73 Å².